The number of benzene rings is 2. The molecular formula is C18H14N4O. The summed E-state index contributed by atoms with van der Waals surface area (Å²) in [4.78, 5) is 16.5. The van der Waals surface area contributed by atoms with Crippen LogP contribution < -0.4 is 10.6 Å². The number of nitrogens with one attached hydrogen (secondary N) is 2. The van der Waals surface area contributed by atoms with Gasteiger partial charge in [0.15, 0.2) is 0 Å². The van der Waals surface area contributed by atoms with E-state index in [9.17, 15) is 4.79 Å². The van der Waals surface area contributed by atoms with Crippen molar-refractivity contribution in [3.05, 3.63) is 65.9 Å². The first kappa shape index (κ1) is 14.5. The monoisotopic (exact) mass is 302 g/mol. The maximum Gasteiger partial charge on any atom is 0.254 e. The molecule has 1 heterocycles. The Morgan fingerprint density at radius 2 is 1.96 bits per heavy atom. The summed E-state index contributed by atoms with van der Waals surface area (Å²) in [5, 5.41) is 15.8. The van der Waals surface area contributed by atoms with Crippen molar-refractivity contribution in [1.82, 2.24) is 10.3 Å². The fourth-order valence-corrected chi connectivity index (χ4v) is 2.37. The standard InChI is InChI=1S/C18H14N4O/c1-20-18(23)15-11-21-16-8-7-12(10-19)9-14(16)17(15)22-13-5-3-2-4-6-13/h2-9,11H,1H3,(H,20,23)(H,21,22). The highest BCUT2D eigenvalue weighted by molar-refractivity contribution is 6.08. The molecule has 0 saturated heterocycles. The zero-order valence-electron chi connectivity index (χ0n) is 12.5. The number of pyridine rings is 1. The van der Waals surface area contributed by atoms with E-state index in [1.54, 1.807) is 31.4 Å². The van der Waals surface area contributed by atoms with Crippen LogP contribution in [0.2, 0.25) is 0 Å². The Labute approximate surface area is 133 Å². The van der Waals surface area contributed by atoms with Crippen LogP contribution in [0, 0.1) is 11.3 Å². The van der Waals surface area contributed by atoms with Gasteiger partial charge in [0.25, 0.3) is 5.91 Å². The van der Waals surface area contributed by atoms with Gasteiger partial charge in [-0.2, -0.15) is 5.26 Å². The van der Waals surface area contributed by atoms with Gasteiger partial charge < -0.3 is 10.6 Å². The molecule has 1 aromatic heterocycles. The molecule has 1 amide bonds. The number of rotatable bonds is 3. The number of amides is 1. The van der Waals surface area contributed by atoms with Crippen molar-refractivity contribution < 1.29 is 4.79 Å². The van der Waals surface area contributed by atoms with Crippen LogP contribution in [-0.2, 0) is 0 Å². The van der Waals surface area contributed by atoms with Crippen LogP contribution >= 0.6 is 0 Å². The lowest BCUT2D eigenvalue weighted by molar-refractivity contribution is 0.0963. The van der Waals surface area contributed by atoms with E-state index in [0.717, 1.165) is 16.6 Å². The molecule has 0 unspecified atom stereocenters. The van der Waals surface area contributed by atoms with E-state index < -0.39 is 0 Å². The highest BCUT2D eigenvalue weighted by Gasteiger charge is 2.15. The summed E-state index contributed by atoms with van der Waals surface area (Å²) in [5.74, 6) is -0.236. The van der Waals surface area contributed by atoms with Crippen LogP contribution in [0.15, 0.2) is 54.7 Å². The number of carbonyl (C=O) groups excluding carboxylic acids is 1. The average Bonchev–Trinajstić information content (AvgIpc) is 2.61. The Morgan fingerprint density at radius 1 is 1.17 bits per heavy atom. The maximum absolute atomic E-state index is 12.2. The van der Waals surface area contributed by atoms with Crippen molar-refractivity contribution in [2.75, 3.05) is 12.4 Å². The summed E-state index contributed by atoms with van der Waals surface area (Å²) >= 11 is 0. The zero-order valence-corrected chi connectivity index (χ0v) is 12.5. The van der Waals surface area contributed by atoms with E-state index in [1.807, 2.05) is 30.3 Å². The fraction of sp³-hybridized carbons (Fsp3) is 0.0556. The molecule has 2 N–H and O–H groups in total. The molecule has 0 radical (unpaired) electrons. The van der Waals surface area contributed by atoms with Gasteiger partial charge in [-0.3, -0.25) is 9.78 Å². The molecule has 5 nitrogen and oxygen atoms in total. The molecule has 3 rings (SSSR count). The molecule has 2 aromatic carbocycles. The summed E-state index contributed by atoms with van der Waals surface area (Å²) in [7, 11) is 1.57. The predicted octanol–water partition coefficient (Wildman–Crippen LogP) is 3.21. The molecule has 0 aliphatic heterocycles. The largest absolute Gasteiger partial charge is 0.355 e. The van der Waals surface area contributed by atoms with Gasteiger partial charge in [-0.25, -0.2) is 0 Å². The second-order valence-corrected chi connectivity index (χ2v) is 4.96. The quantitative estimate of drug-likeness (QED) is 0.778. The number of anilines is 2. The van der Waals surface area contributed by atoms with Crippen LogP contribution in [-0.4, -0.2) is 17.9 Å². The van der Waals surface area contributed by atoms with Crippen LogP contribution in [0.25, 0.3) is 10.9 Å². The predicted molar refractivity (Wildman–Crippen MR) is 89.6 cm³/mol. The number of aromatic nitrogens is 1. The van der Waals surface area contributed by atoms with Gasteiger partial charge in [-0.15, -0.1) is 0 Å². The Hall–Kier alpha value is -3.39. The molecule has 23 heavy (non-hydrogen) atoms. The summed E-state index contributed by atoms with van der Waals surface area (Å²) in [6.07, 6.45) is 1.54. The van der Waals surface area contributed by atoms with Crippen molar-refractivity contribution in [2.45, 2.75) is 0 Å². The minimum absolute atomic E-state index is 0.236. The third kappa shape index (κ3) is 2.83. The van der Waals surface area contributed by atoms with Crippen LogP contribution in [0.1, 0.15) is 15.9 Å². The van der Waals surface area contributed by atoms with Crippen molar-refractivity contribution in [1.29, 1.82) is 5.26 Å². The number of carbonyl (C=O) groups is 1. The van der Waals surface area contributed by atoms with E-state index in [4.69, 9.17) is 5.26 Å². The minimum atomic E-state index is -0.236. The van der Waals surface area contributed by atoms with E-state index in [-0.39, 0.29) is 5.91 Å². The Kier molecular flexibility index (Phi) is 3.89. The van der Waals surface area contributed by atoms with Gasteiger partial charge >= 0.3 is 0 Å². The molecule has 112 valence electrons. The van der Waals surface area contributed by atoms with E-state index in [2.05, 4.69) is 21.7 Å². The summed E-state index contributed by atoms with van der Waals surface area (Å²) in [6.45, 7) is 0. The summed E-state index contributed by atoms with van der Waals surface area (Å²) in [6, 6.07) is 16.9. The first-order valence-corrected chi connectivity index (χ1v) is 7.10. The number of nitrogens with zero attached hydrogens (tertiary/aromatic N) is 2. The molecule has 0 fully saturated rings. The van der Waals surface area contributed by atoms with E-state index in [0.29, 0.717) is 16.8 Å². The normalized spacial score (nSPS) is 10.1. The molecule has 0 aliphatic carbocycles. The van der Waals surface area contributed by atoms with Crippen LogP contribution in [0.5, 0.6) is 0 Å². The SMILES string of the molecule is CNC(=O)c1cnc2ccc(C#N)cc2c1Nc1ccccc1. The smallest absolute Gasteiger partial charge is 0.254 e. The second kappa shape index (κ2) is 6.16. The van der Waals surface area contributed by atoms with E-state index >= 15 is 0 Å². The third-order valence-electron chi connectivity index (χ3n) is 3.51. The second-order valence-electron chi connectivity index (χ2n) is 4.96. The van der Waals surface area contributed by atoms with Gasteiger partial charge in [0, 0.05) is 24.3 Å². The van der Waals surface area contributed by atoms with E-state index in [1.165, 1.54) is 0 Å². The molecular weight excluding hydrogens is 288 g/mol. The molecule has 3 aromatic rings. The fourth-order valence-electron chi connectivity index (χ4n) is 2.37. The highest BCUT2D eigenvalue weighted by Crippen LogP contribution is 2.29. The molecule has 0 atom stereocenters. The molecule has 0 bridgehead atoms. The number of hydrogen-bond acceptors (Lipinski definition) is 4. The Balaban J connectivity index is 2.24. The van der Waals surface area contributed by atoms with Gasteiger partial charge in [0.05, 0.1) is 28.4 Å². The van der Waals surface area contributed by atoms with Crippen molar-refractivity contribution in [3.8, 4) is 6.07 Å². The first-order chi connectivity index (χ1) is 11.2. The van der Waals surface area contributed by atoms with Crippen LogP contribution in [0.3, 0.4) is 0 Å². The third-order valence-corrected chi connectivity index (χ3v) is 3.51. The van der Waals surface area contributed by atoms with Crippen LogP contribution in [0.4, 0.5) is 11.4 Å². The van der Waals surface area contributed by atoms with Gasteiger partial charge in [-0.05, 0) is 30.3 Å². The molecule has 0 spiro atoms. The number of fused-ring (bicyclic) bond motifs is 1. The Morgan fingerprint density at radius 3 is 2.65 bits per heavy atom. The van der Waals surface area contributed by atoms with Gasteiger partial charge in [0.2, 0.25) is 0 Å². The zero-order chi connectivity index (χ0) is 16.2. The van der Waals surface area contributed by atoms with Crippen molar-refractivity contribution >= 4 is 28.2 Å². The lowest BCUT2D eigenvalue weighted by Gasteiger charge is -2.14. The number of nitriles is 1. The topological polar surface area (TPSA) is 77.8 Å². The Bertz CT molecular complexity index is 913. The molecule has 0 aliphatic rings. The average molecular weight is 302 g/mol. The maximum atomic E-state index is 12.2. The van der Waals surface area contributed by atoms with Crippen molar-refractivity contribution in [2.24, 2.45) is 0 Å². The van der Waals surface area contributed by atoms with Gasteiger partial charge in [0.1, 0.15) is 0 Å². The number of para-hydroxylation sites is 1. The highest BCUT2D eigenvalue weighted by atomic mass is 16.1. The summed E-state index contributed by atoms with van der Waals surface area (Å²) in [5.41, 5.74) is 3.16. The minimum Gasteiger partial charge on any atom is -0.355 e. The van der Waals surface area contributed by atoms with Gasteiger partial charge in [-0.1, -0.05) is 18.2 Å². The molecule has 5 heteroatoms. The summed E-state index contributed by atoms with van der Waals surface area (Å²) < 4.78 is 0. The van der Waals surface area contributed by atoms with Crippen molar-refractivity contribution in [3.63, 3.8) is 0 Å². The molecule has 0 saturated carbocycles. The lowest BCUT2D eigenvalue weighted by atomic mass is 10.1. The first-order valence-electron chi connectivity index (χ1n) is 7.10. The lowest BCUT2D eigenvalue weighted by Crippen LogP contribution is -2.19. The number of hydrogen-bond donors (Lipinski definition) is 2.